The number of carbonyl (C=O) groups excluding carboxylic acids is 1. The van der Waals surface area contributed by atoms with Gasteiger partial charge in [0.05, 0.1) is 12.7 Å². The molecule has 1 N–H and O–H groups in total. The van der Waals surface area contributed by atoms with Gasteiger partial charge in [0.25, 0.3) is 0 Å². The van der Waals surface area contributed by atoms with Crippen molar-refractivity contribution in [2.45, 2.75) is 84.2 Å². The van der Waals surface area contributed by atoms with E-state index in [-0.39, 0.29) is 29.7 Å². The van der Waals surface area contributed by atoms with Gasteiger partial charge in [-0.2, -0.15) is 0 Å². The smallest absolute Gasteiger partial charge is 0.311 e. The summed E-state index contributed by atoms with van der Waals surface area (Å²) in [5.41, 5.74) is 4.13. The first-order chi connectivity index (χ1) is 14.4. The number of allylic oxidation sites excluding steroid dienone is 3. The van der Waals surface area contributed by atoms with Crippen molar-refractivity contribution >= 4 is 5.97 Å². The first-order valence-electron chi connectivity index (χ1n) is 11.4. The van der Waals surface area contributed by atoms with E-state index >= 15 is 0 Å². The molecule has 0 bridgehead atoms. The van der Waals surface area contributed by atoms with Crippen LogP contribution in [0.1, 0.15) is 82.8 Å². The highest BCUT2D eigenvalue weighted by molar-refractivity contribution is 5.73. The molecule has 4 heteroatoms. The summed E-state index contributed by atoms with van der Waals surface area (Å²) in [6.45, 7) is 11.3. The minimum atomic E-state index is -0.264. The fourth-order valence-electron chi connectivity index (χ4n) is 4.40. The van der Waals surface area contributed by atoms with Crippen molar-refractivity contribution in [1.82, 2.24) is 0 Å². The van der Waals surface area contributed by atoms with Crippen molar-refractivity contribution in [3.8, 4) is 11.5 Å². The van der Waals surface area contributed by atoms with Crippen LogP contribution >= 0.6 is 0 Å². The number of rotatable bonds is 10. The first-order valence-corrected chi connectivity index (χ1v) is 11.4. The van der Waals surface area contributed by atoms with Crippen LogP contribution in [0.25, 0.3) is 0 Å². The summed E-state index contributed by atoms with van der Waals surface area (Å²) in [5.74, 6) is 0.656. The van der Waals surface area contributed by atoms with E-state index in [4.69, 9.17) is 9.47 Å². The van der Waals surface area contributed by atoms with Crippen LogP contribution in [0.3, 0.4) is 0 Å². The van der Waals surface area contributed by atoms with E-state index in [1.807, 2.05) is 19.1 Å². The van der Waals surface area contributed by atoms with Gasteiger partial charge < -0.3 is 14.6 Å². The molecule has 1 aliphatic carbocycles. The van der Waals surface area contributed by atoms with Gasteiger partial charge in [-0.15, -0.1) is 0 Å². The number of hydrogen-bond acceptors (Lipinski definition) is 4. The van der Waals surface area contributed by atoms with Gasteiger partial charge in [0, 0.05) is 17.9 Å². The highest BCUT2D eigenvalue weighted by Crippen LogP contribution is 2.47. The van der Waals surface area contributed by atoms with Crippen LogP contribution in [-0.2, 0) is 16.0 Å². The van der Waals surface area contributed by atoms with Crippen molar-refractivity contribution in [3.05, 3.63) is 47.1 Å². The monoisotopic (exact) mass is 412 g/mol. The zero-order chi connectivity index (χ0) is 21.7. The lowest BCUT2D eigenvalue weighted by Gasteiger charge is -2.32. The maximum atomic E-state index is 12.6. The van der Waals surface area contributed by atoms with Crippen molar-refractivity contribution < 1.29 is 19.4 Å². The van der Waals surface area contributed by atoms with E-state index in [2.05, 4.69) is 26.5 Å². The number of phenolic OH excluding ortho intramolecular Hbond substituents is 1. The Morgan fingerprint density at radius 3 is 2.77 bits per heavy atom. The third-order valence-corrected chi connectivity index (χ3v) is 6.26. The lowest BCUT2D eigenvalue weighted by molar-refractivity contribution is -0.134. The Morgan fingerprint density at radius 2 is 2.10 bits per heavy atom. The second kappa shape index (κ2) is 10.3. The molecule has 1 saturated heterocycles. The van der Waals surface area contributed by atoms with Crippen LogP contribution in [-0.4, -0.2) is 23.8 Å². The standard InChI is InChI=1S/C26H36O4/c1-5-6-7-8-19-14-23(27)26(22-13-18(4)9-11-21(22)17(2)3)24(15-19)30-25(28)12-10-20-16-29-20/h13-15,20-22,27H,2,5-12,16H2,1,3-4H3/t20?,21-,22+/m0/s1. The highest BCUT2D eigenvalue weighted by atomic mass is 16.6. The first kappa shape index (κ1) is 22.6. The second-order valence-corrected chi connectivity index (χ2v) is 8.98. The number of aromatic hydroxyl groups is 1. The molecular formula is C26H36O4. The third kappa shape index (κ3) is 5.98. The zero-order valence-electron chi connectivity index (χ0n) is 18.7. The minimum absolute atomic E-state index is 0.0319. The van der Waals surface area contributed by atoms with E-state index in [0.717, 1.165) is 61.8 Å². The van der Waals surface area contributed by atoms with Crippen LogP contribution in [0, 0.1) is 5.92 Å². The largest absolute Gasteiger partial charge is 0.507 e. The summed E-state index contributed by atoms with van der Waals surface area (Å²) >= 11 is 0. The van der Waals surface area contributed by atoms with Gasteiger partial charge in [-0.3, -0.25) is 4.79 Å². The molecule has 1 aromatic carbocycles. The van der Waals surface area contributed by atoms with Gasteiger partial charge in [-0.05, 0) is 69.6 Å². The number of aryl methyl sites for hydroxylation is 1. The predicted octanol–water partition coefficient (Wildman–Crippen LogP) is 6.23. The average Bonchev–Trinajstić information content (AvgIpc) is 3.50. The molecule has 0 saturated carbocycles. The molecule has 2 aliphatic rings. The zero-order valence-corrected chi connectivity index (χ0v) is 18.7. The van der Waals surface area contributed by atoms with Crippen molar-refractivity contribution in [1.29, 1.82) is 0 Å². The maximum absolute atomic E-state index is 12.6. The number of phenols is 1. The molecule has 0 radical (unpaired) electrons. The Morgan fingerprint density at radius 1 is 1.33 bits per heavy atom. The summed E-state index contributed by atoms with van der Waals surface area (Å²) in [4.78, 5) is 12.6. The Bertz CT molecular complexity index is 803. The number of unbranched alkanes of at least 4 members (excludes halogenated alkanes) is 2. The molecule has 0 spiro atoms. The fraction of sp³-hybridized carbons (Fsp3) is 0.577. The van der Waals surface area contributed by atoms with E-state index in [1.54, 1.807) is 0 Å². The van der Waals surface area contributed by atoms with Gasteiger partial charge in [-0.25, -0.2) is 0 Å². The van der Waals surface area contributed by atoms with Crippen LogP contribution in [0.2, 0.25) is 0 Å². The molecule has 3 rings (SSSR count). The Labute approximate surface area is 181 Å². The Kier molecular flexibility index (Phi) is 7.76. The Balaban J connectivity index is 1.92. The normalized spacial score (nSPS) is 23.0. The summed E-state index contributed by atoms with van der Waals surface area (Å²) < 4.78 is 11.1. The quantitative estimate of drug-likeness (QED) is 0.163. The summed E-state index contributed by atoms with van der Waals surface area (Å²) in [6.07, 6.45) is 9.65. The molecule has 1 unspecified atom stereocenters. The fourth-order valence-corrected chi connectivity index (χ4v) is 4.40. The molecular weight excluding hydrogens is 376 g/mol. The van der Waals surface area contributed by atoms with Crippen LogP contribution in [0.15, 0.2) is 35.9 Å². The number of esters is 1. The van der Waals surface area contributed by atoms with Crippen molar-refractivity contribution in [3.63, 3.8) is 0 Å². The van der Waals surface area contributed by atoms with Crippen molar-refractivity contribution in [2.75, 3.05) is 6.61 Å². The number of ether oxygens (including phenoxy) is 2. The molecule has 0 aromatic heterocycles. The lowest BCUT2D eigenvalue weighted by Crippen LogP contribution is -2.19. The SMILES string of the molecule is C=C(C)[C@@H]1CCC(C)=C[C@H]1c1c(O)cc(CCCCC)cc1OC(=O)CCC1CO1. The van der Waals surface area contributed by atoms with Gasteiger partial charge in [0.2, 0.25) is 0 Å². The third-order valence-electron chi connectivity index (χ3n) is 6.26. The Hall–Kier alpha value is -2.07. The highest BCUT2D eigenvalue weighted by Gasteiger charge is 2.31. The van der Waals surface area contributed by atoms with Gasteiger partial charge in [-0.1, -0.05) is 43.6 Å². The summed E-state index contributed by atoms with van der Waals surface area (Å²) in [7, 11) is 0. The molecule has 1 aromatic rings. The molecule has 3 atom stereocenters. The molecule has 1 heterocycles. The van der Waals surface area contributed by atoms with Crippen LogP contribution in [0.5, 0.6) is 11.5 Å². The van der Waals surface area contributed by atoms with Crippen LogP contribution in [0.4, 0.5) is 0 Å². The summed E-state index contributed by atoms with van der Waals surface area (Å²) in [6, 6.07) is 3.82. The molecule has 4 nitrogen and oxygen atoms in total. The second-order valence-electron chi connectivity index (χ2n) is 8.98. The molecule has 1 aliphatic heterocycles. The minimum Gasteiger partial charge on any atom is -0.507 e. The van der Waals surface area contributed by atoms with E-state index in [1.165, 1.54) is 5.57 Å². The molecule has 30 heavy (non-hydrogen) atoms. The predicted molar refractivity (Wildman–Crippen MR) is 120 cm³/mol. The number of carbonyl (C=O) groups is 1. The summed E-state index contributed by atoms with van der Waals surface area (Å²) in [5, 5.41) is 11.0. The average molecular weight is 413 g/mol. The van der Waals surface area contributed by atoms with Gasteiger partial charge in [0.1, 0.15) is 11.5 Å². The van der Waals surface area contributed by atoms with Crippen molar-refractivity contribution in [2.24, 2.45) is 5.92 Å². The number of hydrogen-bond donors (Lipinski definition) is 1. The number of benzene rings is 1. The van der Waals surface area contributed by atoms with Gasteiger partial charge >= 0.3 is 5.97 Å². The van der Waals surface area contributed by atoms with E-state index < -0.39 is 0 Å². The molecule has 1 fully saturated rings. The number of epoxide rings is 1. The molecule has 164 valence electrons. The van der Waals surface area contributed by atoms with E-state index in [9.17, 15) is 9.90 Å². The molecule has 0 amide bonds. The maximum Gasteiger partial charge on any atom is 0.311 e. The lowest BCUT2D eigenvalue weighted by atomic mass is 9.73. The van der Waals surface area contributed by atoms with Gasteiger partial charge in [0.15, 0.2) is 0 Å². The van der Waals surface area contributed by atoms with Crippen LogP contribution < -0.4 is 4.74 Å². The van der Waals surface area contributed by atoms with E-state index in [0.29, 0.717) is 18.6 Å². The topological polar surface area (TPSA) is 59.1 Å².